The lowest BCUT2D eigenvalue weighted by atomic mass is 10.2. The van der Waals surface area contributed by atoms with Crippen LogP contribution in [0.4, 0.5) is 0 Å². The van der Waals surface area contributed by atoms with Gasteiger partial charge in [-0.25, -0.2) is 8.42 Å². The van der Waals surface area contributed by atoms with Gasteiger partial charge >= 0.3 is 0 Å². The van der Waals surface area contributed by atoms with Gasteiger partial charge in [-0.2, -0.15) is 9.57 Å². The van der Waals surface area contributed by atoms with E-state index in [9.17, 15) is 8.42 Å². The summed E-state index contributed by atoms with van der Waals surface area (Å²) in [6, 6.07) is 8.75. The summed E-state index contributed by atoms with van der Waals surface area (Å²) >= 11 is 0. The van der Waals surface area contributed by atoms with E-state index < -0.39 is 10.0 Å². The van der Waals surface area contributed by atoms with E-state index >= 15 is 0 Å². The summed E-state index contributed by atoms with van der Waals surface area (Å²) in [5.74, 6) is -0.0488. The number of nitrogens with zero attached hydrogens (tertiary/aromatic N) is 2. The van der Waals surface area contributed by atoms with Gasteiger partial charge in [0.25, 0.3) is 0 Å². The monoisotopic (exact) mass is 315 g/mol. The first kappa shape index (κ1) is 16.9. The van der Waals surface area contributed by atoms with E-state index in [-0.39, 0.29) is 24.2 Å². The third-order valence-electron chi connectivity index (χ3n) is 3.20. The number of nitrogens with one attached hydrogen (secondary N) is 1. The molecule has 1 fully saturated rings. The molecule has 0 aliphatic carbocycles. The molecule has 5 nitrogen and oxygen atoms in total. The largest absolute Gasteiger partial charge is 0.314 e. The van der Waals surface area contributed by atoms with Crippen LogP contribution >= 0.6 is 12.4 Å². The maximum atomic E-state index is 12.4. The molecule has 0 saturated carbocycles. The first-order chi connectivity index (χ1) is 9.03. The van der Waals surface area contributed by atoms with Gasteiger partial charge in [0.2, 0.25) is 10.0 Å². The number of hydrogen-bond donors (Lipinski definition) is 1. The summed E-state index contributed by atoms with van der Waals surface area (Å²) in [6.45, 7) is 3.76. The highest BCUT2D eigenvalue weighted by Gasteiger charge is 2.29. The van der Waals surface area contributed by atoms with Crippen LogP contribution in [-0.4, -0.2) is 38.4 Å². The molecule has 1 atom stereocenters. The SMILES string of the molecule is CC1CNCCN1S(=O)(=O)Cc1cccc(C#N)c1.Cl. The molecule has 1 heterocycles. The van der Waals surface area contributed by atoms with E-state index in [4.69, 9.17) is 5.26 Å². The van der Waals surface area contributed by atoms with E-state index in [1.54, 1.807) is 28.6 Å². The van der Waals surface area contributed by atoms with Gasteiger partial charge in [-0.3, -0.25) is 0 Å². The zero-order valence-electron chi connectivity index (χ0n) is 11.2. The molecule has 0 bridgehead atoms. The lowest BCUT2D eigenvalue weighted by Gasteiger charge is -2.32. The number of piperazine rings is 1. The Bertz CT molecular complexity index is 598. The van der Waals surface area contributed by atoms with Crippen molar-refractivity contribution in [3.63, 3.8) is 0 Å². The summed E-state index contributed by atoms with van der Waals surface area (Å²) in [4.78, 5) is 0. The average Bonchev–Trinajstić information content (AvgIpc) is 2.38. The Morgan fingerprint density at radius 3 is 2.90 bits per heavy atom. The summed E-state index contributed by atoms with van der Waals surface area (Å²) in [5.41, 5.74) is 1.14. The minimum Gasteiger partial charge on any atom is -0.314 e. The van der Waals surface area contributed by atoms with Gasteiger partial charge < -0.3 is 5.32 Å². The molecular weight excluding hydrogens is 298 g/mol. The molecule has 0 radical (unpaired) electrons. The Morgan fingerprint density at radius 2 is 2.25 bits per heavy atom. The van der Waals surface area contributed by atoms with Crippen molar-refractivity contribution in [2.75, 3.05) is 19.6 Å². The molecule has 2 rings (SSSR count). The third-order valence-corrected chi connectivity index (χ3v) is 5.16. The summed E-state index contributed by atoms with van der Waals surface area (Å²) in [5, 5.41) is 12.0. The second-order valence-electron chi connectivity index (χ2n) is 4.73. The predicted octanol–water partition coefficient (Wildman–Crippen LogP) is 1.10. The fourth-order valence-electron chi connectivity index (χ4n) is 2.26. The molecule has 1 aliphatic heterocycles. The Hall–Kier alpha value is -1.13. The number of hydrogen-bond acceptors (Lipinski definition) is 4. The van der Waals surface area contributed by atoms with Crippen LogP contribution in [0.2, 0.25) is 0 Å². The fraction of sp³-hybridized carbons (Fsp3) is 0.462. The highest BCUT2D eigenvalue weighted by molar-refractivity contribution is 7.88. The standard InChI is InChI=1S/C13H17N3O2S.ClH/c1-11-9-15-5-6-16(11)19(17,18)10-13-4-2-3-12(7-13)8-14;/h2-4,7,11,15H,5-6,9-10H2,1H3;1H. The van der Waals surface area contributed by atoms with Crippen molar-refractivity contribution < 1.29 is 8.42 Å². The second kappa shape index (κ2) is 7.04. The smallest absolute Gasteiger partial charge is 0.218 e. The number of nitriles is 1. The van der Waals surface area contributed by atoms with Gasteiger partial charge in [0.15, 0.2) is 0 Å². The van der Waals surface area contributed by atoms with E-state index in [0.717, 1.165) is 0 Å². The van der Waals surface area contributed by atoms with Gasteiger partial charge in [-0.15, -0.1) is 12.4 Å². The molecule has 1 unspecified atom stereocenters. The van der Waals surface area contributed by atoms with Crippen molar-refractivity contribution in [1.82, 2.24) is 9.62 Å². The van der Waals surface area contributed by atoms with Crippen LogP contribution in [0.3, 0.4) is 0 Å². The number of benzene rings is 1. The maximum absolute atomic E-state index is 12.4. The molecule has 20 heavy (non-hydrogen) atoms. The highest BCUT2D eigenvalue weighted by Crippen LogP contribution is 2.16. The lowest BCUT2D eigenvalue weighted by molar-refractivity contribution is 0.283. The van der Waals surface area contributed by atoms with Gasteiger partial charge in [0.1, 0.15) is 0 Å². The topological polar surface area (TPSA) is 73.2 Å². The Morgan fingerprint density at radius 1 is 1.50 bits per heavy atom. The van der Waals surface area contributed by atoms with Crippen LogP contribution < -0.4 is 5.32 Å². The quantitative estimate of drug-likeness (QED) is 0.906. The third kappa shape index (κ3) is 3.93. The fourth-order valence-corrected chi connectivity index (χ4v) is 4.02. The van der Waals surface area contributed by atoms with E-state index in [1.807, 2.05) is 13.0 Å². The van der Waals surface area contributed by atoms with E-state index in [0.29, 0.717) is 30.8 Å². The van der Waals surface area contributed by atoms with Crippen molar-refractivity contribution in [3.8, 4) is 6.07 Å². The predicted molar refractivity (Wildman–Crippen MR) is 80.1 cm³/mol. The first-order valence-electron chi connectivity index (χ1n) is 6.22. The number of rotatable bonds is 3. The van der Waals surface area contributed by atoms with Crippen molar-refractivity contribution in [2.24, 2.45) is 0 Å². The normalized spacial score (nSPS) is 19.9. The molecule has 1 aliphatic rings. The van der Waals surface area contributed by atoms with Crippen LogP contribution in [0.25, 0.3) is 0 Å². The van der Waals surface area contributed by atoms with Crippen LogP contribution in [-0.2, 0) is 15.8 Å². The number of halogens is 1. The van der Waals surface area contributed by atoms with E-state index in [1.165, 1.54) is 0 Å². The van der Waals surface area contributed by atoms with Crippen LogP contribution in [0.5, 0.6) is 0 Å². The molecule has 1 aromatic rings. The zero-order chi connectivity index (χ0) is 13.9. The van der Waals surface area contributed by atoms with Crippen LogP contribution in [0.1, 0.15) is 18.1 Å². The minimum absolute atomic E-state index is 0. The van der Waals surface area contributed by atoms with Gasteiger partial charge in [-0.05, 0) is 24.6 Å². The molecular formula is C13H18ClN3O2S. The summed E-state index contributed by atoms with van der Waals surface area (Å²) < 4.78 is 26.3. The van der Waals surface area contributed by atoms with Crippen molar-refractivity contribution in [1.29, 1.82) is 5.26 Å². The van der Waals surface area contributed by atoms with Crippen molar-refractivity contribution in [2.45, 2.75) is 18.7 Å². The molecule has 1 saturated heterocycles. The second-order valence-corrected chi connectivity index (χ2v) is 6.65. The molecule has 1 N–H and O–H groups in total. The lowest BCUT2D eigenvalue weighted by Crippen LogP contribution is -2.52. The average molecular weight is 316 g/mol. The van der Waals surface area contributed by atoms with Crippen molar-refractivity contribution >= 4 is 22.4 Å². The summed E-state index contributed by atoms with van der Waals surface area (Å²) in [6.07, 6.45) is 0. The minimum atomic E-state index is -3.33. The van der Waals surface area contributed by atoms with Gasteiger partial charge in [-0.1, -0.05) is 12.1 Å². The molecule has 0 amide bonds. The molecule has 0 aromatic heterocycles. The Kier molecular flexibility index (Phi) is 5.96. The van der Waals surface area contributed by atoms with Crippen LogP contribution in [0.15, 0.2) is 24.3 Å². The van der Waals surface area contributed by atoms with Crippen molar-refractivity contribution in [3.05, 3.63) is 35.4 Å². The number of sulfonamides is 1. The zero-order valence-corrected chi connectivity index (χ0v) is 12.9. The molecule has 7 heteroatoms. The molecule has 1 aromatic carbocycles. The first-order valence-corrected chi connectivity index (χ1v) is 7.83. The molecule has 110 valence electrons. The molecule has 0 spiro atoms. The van der Waals surface area contributed by atoms with Crippen LogP contribution in [0, 0.1) is 11.3 Å². The van der Waals surface area contributed by atoms with Gasteiger partial charge in [0, 0.05) is 25.7 Å². The summed E-state index contributed by atoms with van der Waals surface area (Å²) in [7, 11) is -3.33. The van der Waals surface area contributed by atoms with Gasteiger partial charge in [0.05, 0.1) is 17.4 Å². The maximum Gasteiger partial charge on any atom is 0.218 e. The highest BCUT2D eigenvalue weighted by atomic mass is 35.5. The van der Waals surface area contributed by atoms with E-state index in [2.05, 4.69) is 5.32 Å². The Labute approximate surface area is 126 Å². The Balaban J connectivity index is 0.00000200.